The Morgan fingerprint density at radius 1 is 1.47 bits per heavy atom. The average Bonchev–Trinajstić information content (AvgIpc) is 2.93. The second kappa shape index (κ2) is 5.01. The molecule has 19 heavy (non-hydrogen) atoms. The van der Waals surface area contributed by atoms with Gasteiger partial charge in [-0.2, -0.15) is 0 Å². The number of H-pyrrole nitrogens is 1. The Balaban J connectivity index is 1.86. The molecule has 0 aliphatic carbocycles. The Kier molecular flexibility index (Phi) is 3.21. The van der Waals surface area contributed by atoms with Crippen LogP contribution in [0.5, 0.6) is 0 Å². The van der Waals surface area contributed by atoms with Gasteiger partial charge >= 0.3 is 0 Å². The zero-order valence-electron chi connectivity index (χ0n) is 10.8. The molecule has 0 unspecified atom stereocenters. The molecular weight excluding hydrogens is 242 g/mol. The average molecular weight is 259 g/mol. The summed E-state index contributed by atoms with van der Waals surface area (Å²) in [6, 6.07) is 7.46. The largest absolute Gasteiger partial charge is 0.376 e. The number of anilines is 1. The molecule has 2 N–H and O–H groups in total. The summed E-state index contributed by atoms with van der Waals surface area (Å²) in [5.74, 6) is 0.506. The van der Waals surface area contributed by atoms with E-state index in [0.717, 1.165) is 19.4 Å². The molecule has 5 heteroatoms. The highest BCUT2D eigenvalue weighted by molar-refractivity contribution is 5.78. The molecule has 1 fully saturated rings. The molecule has 1 aromatic carbocycles. The number of hydrogen-bond donors (Lipinski definition) is 2. The van der Waals surface area contributed by atoms with Gasteiger partial charge in [0.15, 0.2) is 0 Å². The van der Waals surface area contributed by atoms with Crippen LogP contribution in [0.2, 0.25) is 0 Å². The van der Waals surface area contributed by atoms with Crippen molar-refractivity contribution in [1.29, 1.82) is 0 Å². The first-order chi connectivity index (χ1) is 9.24. The van der Waals surface area contributed by atoms with Crippen LogP contribution in [0, 0.1) is 0 Å². The van der Waals surface area contributed by atoms with Gasteiger partial charge in [0.1, 0.15) is 0 Å². The number of nitrogens with zero attached hydrogens (tertiary/aromatic N) is 1. The quantitative estimate of drug-likeness (QED) is 0.883. The molecule has 1 aliphatic rings. The molecule has 0 radical (unpaired) electrons. The summed E-state index contributed by atoms with van der Waals surface area (Å²) in [6.45, 7) is 2.86. The number of fused-ring (bicyclic) bond motifs is 1. The van der Waals surface area contributed by atoms with Gasteiger partial charge in [-0.05, 0) is 31.9 Å². The highest BCUT2D eigenvalue weighted by atomic mass is 16.5. The van der Waals surface area contributed by atoms with Crippen molar-refractivity contribution in [3.8, 4) is 0 Å². The van der Waals surface area contributed by atoms with Gasteiger partial charge < -0.3 is 10.1 Å². The summed E-state index contributed by atoms with van der Waals surface area (Å²) in [6.07, 6.45) is 2.33. The van der Waals surface area contributed by atoms with E-state index in [1.807, 2.05) is 25.1 Å². The number of para-hydroxylation sites is 1. The molecule has 3 rings (SSSR count). The fourth-order valence-electron chi connectivity index (χ4n) is 2.46. The van der Waals surface area contributed by atoms with E-state index in [1.54, 1.807) is 6.07 Å². The number of ether oxygens (including phenoxy) is 1. The maximum absolute atomic E-state index is 11.9. The fraction of sp³-hybridized carbons (Fsp3) is 0.429. The number of benzene rings is 1. The Bertz CT molecular complexity index is 632. The SMILES string of the molecule is C[C@H](Nc1nc2ccccc2c(=O)[nH]1)[C@@H]1CCCO1. The Hall–Kier alpha value is -1.88. The summed E-state index contributed by atoms with van der Waals surface area (Å²) in [7, 11) is 0. The number of aromatic nitrogens is 2. The summed E-state index contributed by atoms with van der Waals surface area (Å²) >= 11 is 0. The summed E-state index contributed by atoms with van der Waals surface area (Å²) in [5.41, 5.74) is 0.584. The minimum absolute atomic E-state index is 0.118. The van der Waals surface area contributed by atoms with Gasteiger partial charge in [-0.15, -0.1) is 0 Å². The van der Waals surface area contributed by atoms with Crippen molar-refractivity contribution in [3.05, 3.63) is 34.6 Å². The van der Waals surface area contributed by atoms with Crippen molar-refractivity contribution in [1.82, 2.24) is 9.97 Å². The lowest BCUT2D eigenvalue weighted by Crippen LogP contribution is -2.31. The molecule has 1 aromatic heterocycles. The predicted octanol–water partition coefficient (Wildman–Crippen LogP) is 1.90. The fourth-order valence-corrected chi connectivity index (χ4v) is 2.46. The maximum atomic E-state index is 11.9. The smallest absolute Gasteiger partial charge is 0.260 e. The second-order valence-corrected chi connectivity index (χ2v) is 4.92. The van der Waals surface area contributed by atoms with Gasteiger partial charge in [0.05, 0.1) is 23.0 Å². The topological polar surface area (TPSA) is 67.0 Å². The number of hydrogen-bond acceptors (Lipinski definition) is 4. The van der Waals surface area contributed by atoms with Crippen LogP contribution in [-0.4, -0.2) is 28.7 Å². The summed E-state index contributed by atoms with van der Waals surface area (Å²) in [5, 5.41) is 3.83. The molecule has 0 bridgehead atoms. The molecule has 2 aromatic rings. The van der Waals surface area contributed by atoms with Crippen LogP contribution in [0.3, 0.4) is 0 Å². The lowest BCUT2D eigenvalue weighted by molar-refractivity contribution is 0.0994. The van der Waals surface area contributed by atoms with Crippen molar-refractivity contribution < 1.29 is 4.74 Å². The van der Waals surface area contributed by atoms with Gasteiger partial charge in [0.25, 0.3) is 5.56 Å². The Morgan fingerprint density at radius 2 is 2.32 bits per heavy atom. The molecule has 1 aliphatic heterocycles. The van der Waals surface area contributed by atoms with E-state index in [2.05, 4.69) is 15.3 Å². The van der Waals surface area contributed by atoms with Crippen molar-refractivity contribution in [2.45, 2.75) is 31.9 Å². The third kappa shape index (κ3) is 2.46. The van der Waals surface area contributed by atoms with Crippen LogP contribution in [0.4, 0.5) is 5.95 Å². The van der Waals surface area contributed by atoms with Crippen molar-refractivity contribution in [2.24, 2.45) is 0 Å². The number of nitrogens with one attached hydrogen (secondary N) is 2. The zero-order valence-corrected chi connectivity index (χ0v) is 10.8. The lowest BCUT2D eigenvalue weighted by Gasteiger charge is -2.20. The van der Waals surface area contributed by atoms with E-state index in [4.69, 9.17) is 4.74 Å². The van der Waals surface area contributed by atoms with E-state index < -0.39 is 0 Å². The monoisotopic (exact) mass is 259 g/mol. The minimum atomic E-state index is -0.118. The van der Waals surface area contributed by atoms with Crippen LogP contribution < -0.4 is 10.9 Å². The molecular formula is C14H17N3O2. The van der Waals surface area contributed by atoms with Crippen LogP contribution in [0.15, 0.2) is 29.1 Å². The van der Waals surface area contributed by atoms with Gasteiger partial charge in [-0.1, -0.05) is 12.1 Å². The molecule has 5 nitrogen and oxygen atoms in total. The van der Waals surface area contributed by atoms with E-state index in [1.165, 1.54) is 0 Å². The molecule has 100 valence electrons. The molecule has 2 heterocycles. The molecule has 0 spiro atoms. The third-order valence-corrected chi connectivity index (χ3v) is 3.50. The van der Waals surface area contributed by atoms with E-state index >= 15 is 0 Å². The number of aromatic amines is 1. The van der Waals surface area contributed by atoms with Gasteiger partial charge in [0, 0.05) is 6.61 Å². The summed E-state index contributed by atoms with van der Waals surface area (Å²) in [4.78, 5) is 19.1. The van der Waals surface area contributed by atoms with Crippen molar-refractivity contribution in [2.75, 3.05) is 11.9 Å². The molecule has 1 saturated heterocycles. The van der Waals surface area contributed by atoms with Gasteiger partial charge in [-0.3, -0.25) is 9.78 Å². The normalized spacial score (nSPS) is 20.6. The van der Waals surface area contributed by atoms with Gasteiger partial charge in [-0.25, -0.2) is 4.98 Å². The first-order valence-electron chi connectivity index (χ1n) is 6.61. The van der Waals surface area contributed by atoms with Gasteiger partial charge in [0.2, 0.25) is 5.95 Å². The Morgan fingerprint density at radius 3 is 3.11 bits per heavy atom. The van der Waals surface area contributed by atoms with E-state index in [9.17, 15) is 4.79 Å². The molecule has 2 atom stereocenters. The highest BCUT2D eigenvalue weighted by Gasteiger charge is 2.22. The summed E-state index contributed by atoms with van der Waals surface area (Å²) < 4.78 is 5.62. The zero-order chi connectivity index (χ0) is 13.2. The lowest BCUT2D eigenvalue weighted by atomic mass is 10.1. The highest BCUT2D eigenvalue weighted by Crippen LogP contribution is 2.18. The molecule has 0 amide bonds. The van der Waals surface area contributed by atoms with Crippen LogP contribution >= 0.6 is 0 Å². The van der Waals surface area contributed by atoms with Crippen LogP contribution in [-0.2, 0) is 4.74 Å². The first kappa shape index (κ1) is 12.2. The van der Waals surface area contributed by atoms with Crippen molar-refractivity contribution >= 4 is 16.9 Å². The second-order valence-electron chi connectivity index (χ2n) is 4.92. The third-order valence-electron chi connectivity index (χ3n) is 3.50. The van der Waals surface area contributed by atoms with Crippen LogP contribution in [0.25, 0.3) is 10.9 Å². The first-order valence-corrected chi connectivity index (χ1v) is 6.61. The maximum Gasteiger partial charge on any atom is 0.260 e. The molecule has 0 saturated carbocycles. The van der Waals surface area contributed by atoms with Crippen LogP contribution in [0.1, 0.15) is 19.8 Å². The number of rotatable bonds is 3. The van der Waals surface area contributed by atoms with E-state index in [-0.39, 0.29) is 17.7 Å². The minimum Gasteiger partial charge on any atom is -0.376 e. The predicted molar refractivity (Wildman–Crippen MR) is 74.4 cm³/mol. The van der Waals surface area contributed by atoms with E-state index in [0.29, 0.717) is 16.9 Å². The Labute approximate surface area is 111 Å². The standard InChI is InChI=1S/C14H17N3O2/c1-9(12-7-4-8-19-12)15-14-16-11-6-3-2-5-10(11)13(18)17-14/h2-3,5-6,9,12H,4,7-8H2,1H3,(H2,15,16,17,18)/t9-,12-/m0/s1. The van der Waals surface area contributed by atoms with Crippen molar-refractivity contribution in [3.63, 3.8) is 0 Å².